The molecule has 7 heteroatoms. The number of rotatable bonds is 4. The molecule has 0 aromatic heterocycles. The lowest BCUT2D eigenvalue weighted by atomic mass is 10.1. The van der Waals surface area contributed by atoms with E-state index >= 15 is 0 Å². The molecule has 0 heterocycles. The highest BCUT2D eigenvalue weighted by Crippen LogP contribution is 2.16. The van der Waals surface area contributed by atoms with Crippen molar-refractivity contribution < 1.29 is 8.42 Å². The summed E-state index contributed by atoms with van der Waals surface area (Å²) in [6.07, 6.45) is 0. The fraction of sp³-hybridized carbons (Fsp3) is 0.364. The Kier molecular flexibility index (Phi) is 4.31. The lowest BCUT2D eigenvalue weighted by molar-refractivity contribution is 0.494. The van der Waals surface area contributed by atoms with Crippen LogP contribution in [-0.2, 0) is 10.2 Å². The summed E-state index contributed by atoms with van der Waals surface area (Å²) in [5, 5.41) is 0. The van der Waals surface area contributed by atoms with Crippen molar-refractivity contribution in [3.8, 4) is 0 Å². The second-order valence-electron chi connectivity index (χ2n) is 4.87. The van der Waals surface area contributed by atoms with E-state index < -0.39 is 15.7 Å². The molecule has 0 fully saturated rings. The zero-order chi connectivity index (χ0) is 14.0. The van der Waals surface area contributed by atoms with Gasteiger partial charge < -0.3 is 5.73 Å². The van der Waals surface area contributed by atoms with Crippen LogP contribution < -0.4 is 15.2 Å². The molecule has 4 N–H and O–H groups in total. The van der Waals surface area contributed by atoms with E-state index in [0.29, 0.717) is 11.3 Å². The summed E-state index contributed by atoms with van der Waals surface area (Å²) in [6, 6.07) is 6.72. The van der Waals surface area contributed by atoms with E-state index in [1.54, 1.807) is 45.0 Å². The van der Waals surface area contributed by atoms with Gasteiger partial charge in [0.25, 0.3) is 10.2 Å². The normalized spacial score (nSPS) is 12.2. The van der Waals surface area contributed by atoms with Gasteiger partial charge in [-0.2, -0.15) is 13.1 Å². The molecule has 0 atom stereocenters. The third kappa shape index (κ3) is 4.59. The fourth-order valence-electron chi connectivity index (χ4n) is 1.36. The number of hydrogen-bond donors (Lipinski definition) is 3. The maximum absolute atomic E-state index is 11.9. The molecule has 1 rings (SSSR count). The first-order valence-electron chi connectivity index (χ1n) is 5.31. The van der Waals surface area contributed by atoms with Crippen LogP contribution in [0.3, 0.4) is 0 Å². The predicted octanol–water partition coefficient (Wildman–Crippen LogP) is 1.37. The minimum absolute atomic E-state index is 0.143. The van der Waals surface area contributed by atoms with Crippen LogP contribution in [0.1, 0.15) is 26.3 Å². The Bertz CT molecular complexity index is 548. The van der Waals surface area contributed by atoms with E-state index in [1.807, 2.05) is 0 Å². The molecule has 5 nitrogen and oxygen atoms in total. The number of nitrogens with two attached hydrogens (primary N) is 1. The summed E-state index contributed by atoms with van der Waals surface area (Å²) >= 11 is 4.87. The van der Waals surface area contributed by atoms with E-state index in [0.717, 1.165) is 0 Å². The summed E-state index contributed by atoms with van der Waals surface area (Å²) in [6.45, 7) is 5.27. The molecule has 0 bridgehead atoms. The molecule has 100 valence electrons. The standard InChI is InChI=1S/C11H17N3O2S2/c1-11(2,3)14-18(15,16)13-9-7-5-4-6-8(9)10(12)17/h4-7,13-14H,1-3H3,(H2,12,17). The molecule has 1 aromatic carbocycles. The van der Waals surface area contributed by atoms with Crippen LogP contribution in [0.5, 0.6) is 0 Å². The Labute approximate surface area is 113 Å². The summed E-state index contributed by atoms with van der Waals surface area (Å²) in [5.74, 6) is 0. The number of thiocarbonyl (C=S) groups is 1. The van der Waals surface area contributed by atoms with E-state index in [4.69, 9.17) is 18.0 Å². The van der Waals surface area contributed by atoms with Gasteiger partial charge in [0.05, 0.1) is 5.69 Å². The number of hydrogen-bond acceptors (Lipinski definition) is 3. The van der Waals surface area contributed by atoms with Gasteiger partial charge in [-0.05, 0) is 32.9 Å². The van der Waals surface area contributed by atoms with Gasteiger partial charge in [-0.1, -0.05) is 24.4 Å². The van der Waals surface area contributed by atoms with Crippen molar-refractivity contribution in [2.75, 3.05) is 4.72 Å². The van der Waals surface area contributed by atoms with Gasteiger partial charge in [0.1, 0.15) is 4.99 Å². The predicted molar refractivity (Wildman–Crippen MR) is 77.8 cm³/mol. The third-order valence-electron chi connectivity index (χ3n) is 1.88. The lowest BCUT2D eigenvalue weighted by Gasteiger charge is -2.21. The maximum atomic E-state index is 11.9. The highest BCUT2D eigenvalue weighted by molar-refractivity contribution is 7.90. The maximum Gasteiger partial charge on any atom is 0.299 e. The highest BCUT2D eigenvalue weighted by Gasteiger charge is 2.20. The van der Waals surface area contributed by atoms with E-state index in [9.17, 15) is 8.42 Å². The average Bonchev–Trinajstić information content (AvgIpc) is 2.13. The summed E-state index contributed by atoms with van der Waals surface area (Å²) < 4.78 is 28.7. The molecular weight excluding hydrogens is 270 g/mol. The number of anilines is 1. The largest absolute Gasteiger partial charge is 0.389 e. The van der Waals surface area contributed by atoms with E-state index in [-0.39, 0.29) is 4.99 Å². The summed E-state index contributed by atoms with van der Waals surface area (Å²) in [4.78, 5) is 0.143. The van der Waals surface area contributed by atoms with Crippen LogP contribution in [0, 0.1) is 0 Å². The van der Waals surface area contributed by atoms with Crippen LogP contribution in [0.15, 0.2) is 24.3 Å². The number of benzene rings is 1. The third-order valence-corrected chi connectivity index (χ3v) is 3.47. The van der Waals surface area contributed by atoms with Crippen molar-refractivity contribution in [3.63, 3.8) is 0 Å². The van der Waals surface area contributed by atoms with Gasteiger partial charge in [0, 0.05) is 11.1 Å². The lowest BCUT2D eigenvalue weighted by Crippen LogP contribution is -2.43. The van der Waals surface area contributed by atoms with Gasteiger partial charge in [0.2, 0.25) is 0 Å². The van der Waals surface area contributed by atoms with Crippen molar-refractivity contribution in [1.82, 2.24) is 4.72 Å². The first kappa shape index (κ1) is 14.9. The first-order valence-corrected chi connectivity index (χ1v) is 7.20. The Hall–Kier alpha value is -1.18. The zero-order valence-electron chi connectivity index (χ0n) is 10.5. The fourth-order valence-corrected chi connectivity index (χ4v) is 2.86. The molecule has 0 saturated carbocycles. The minimum atomic E-state index is -3.66. The molecule has 0 saturated heterocycles. The van der Waals surface area contributed by atoms with E-state index in [2.05, 4.69) is 9.44 Å². The van der Waals surface area contributed by atoms with Crippen molar-refractivity contribution >= 4 is 33.1 Å². The van der Waals surface area contributed by atoms with Crippen molar-refractivity contribution in [3.05, 3.63) is 29.8 Å². The van der Waals surface area contributed by atoms with Crippen molar-refractivity contribution in [1.29, 1.82) is 0 Å². The second-order valence-corrected chi connectivity index (χ2v) is 6.72. The van der Waals surface area contributed by atoms with Crippen LogP contribution >= 0.6 is 12.2 Å². The molecule has 0 spiro atoms. The first-order chi connectivity index (χ1) is 8.11. The number of nitrogens with one attached hydrogen (secondary N) is 2. The Morgan fingerprint density at radius 2 is 1.83 bits per heavy atom. The molecule has 0 unspecified atom stereocenters. The van der Waals surface area contributed by atoms with Crippen molar-refractivity contribution in [2.45, 2.75) is 26.3 Å². The van der Waals surface area contributed by atoms with E-state index in [1.165, 1.54) is 0 Å². The SMILES string of the molecule is CC(C)(C)NS(=O)(=O)Nc1ccccc1C(N)=S. The Morgan fingerprint density at radius 1 is 1.28 bits per heavy atom. The molecule has 0 aliphatic rings. The van der Waals surface area contributed by atoms with Crippen LogP contribution in [0.4, 0.5) is 5.69 Å². The van der Waals surface area contributed by atoms with Gasteiger partial charge in [0.15, 0.2) is 0 Å². The average molecular weight is 287 g/mol. The highest BCUT2D eigenvalue weighted by atomic mass is 32.2. The molecule has 0 aliphatic carbocycles. The molecule has 0 aliphatic heterocycles. The molecule has 0 amide bonds. The monoisotopic (exact) mass is 287 g/mol. The molecule has 1 aromatic rings. The van der Waals surface area contributed by atoms with Crippen LogP contribution in [-0.4, -0.2) is 18.9 Å². The number of para-hydroxylation sites is 1. The molecular formula is C11H17N3O2S2. The topological polar surface area (TPSA) is 84.2 Å². The quantitative estimate of drug-likeness (QED) is 0.730. The minimum Gasteiger partial charge on any atom is -0.389 e. The molecule has 18 heavy (non-hydrogen) atoms. The summed E-state index contributed by atoms with van der Waals surface area (Å²) in [7, 11) is -3.66. The van der Waals surface area contributed by atoms with Gasteiger partial charge >= 0.3 is 0 Å². The van der Waals surface area contributed by atoms with Crippen LogP contribution in [0.2, 0.25) is 0 Å². The van der Waals surface area contributed by atoms with Gasteiger partial charge in [-0.25, -0.2) is 0 Å². The van der Waals surface area contributed by atoms with Crippen molar-refractivity contribution in [2.24, 2.45) is 5.73 Å². The summed E-state index contributed by atoms with van der Waals surface area (Å²) in [5.41, 5.74) is 5.83. The van der Waals surface area contributed by atoms with Crippen LogP contribution in [0.25, 0.3) is 0 Å². The Balaban J connectivity index is 3.02. The van der Waals surface area contributed by atoms with Gasteiger partial charge in [-0.3, -0.25) is 4.72 Å². The second kappa shape index (κ2) is 5.21. The molecule has 0 radical (unpaired) electrons. The Morgan fingerprint density at radius 3 is 2.33 bits per heavy atom. The smallest absolute Gasteiger partial charge is 0.299 e. The zero-order valence-corrected chi connectivity index (χ0v) is 12.2. The van der Waals surface area contributed by atoms with Gasteiger partial charge in [-0.15, -0.1) is 0 Å².